The summed E-state index contributed by atoms with van der Waals surface area (Å²) in [7, 11) is 0. The van der Waals surface area contributed by atoms with Gasteiger partial charge < -0.3 is 10.1 Å². The van der Waals surface area contributed by atoms with E-state index in [-0.39, 0.29) is 6.04 Å². The number of fused-ring (bicyclic) bond motifs is 1. The van der Waals surface area contributed by atoms with Crippen LogP contribution in [0.1, 0.15) is 47.2 Å². The average molecular weight is 282 g/mol. The molecule has 21 heavy (non-hydrogen) atoms. The number of hydrogen-bond donors (Lipinski definition) is 1. The highest BCUT2D eigenvalue weighted by molar-refractivity contribution is 5.38. The molecular formula is C18H22N2O. The maximum absolute atomic E-state index is 5.52. The zero-order valence-electron chi connectivity index (χ0n) is 12.7. The topological polar surface area (TPSA) is 34.2 Å². The Kier molecular flexibility index (Phi) is 4.32. The quantitative estimate of drug-likeness (QED) is 0.911. The van der Waals surface area contributed by atoms with Gasteiger partial charge in [0.2, 0.25) is 0 Å². The van der Waals surface area contributed by atoms with Crippen molar-refractivity contribution in [2.75, 3.05) is 6.54 Å². The second kappa shape index (κ2) is 6.37. The Bertz CT molecular complexity index is 624. The van der Waals surface area contributed by atoms with Gasteiger partial charge in [-0.05, 0) is 47.7 Å². The molecule has 110 valence electrons. The summed E-state index contributed by atoms with van der Waals surface area (Å²) in [5, 5.41) is 3.64. The van der Waals surface area contributed by atoms with Gasteiger partial charge >= 0.3 is 0 Å². The van der Waals surface area contributed by atoms with Crippen LogP contribution in [0.4, 0.5) is 0 Å². The molecule has 0 amide bonds. The number of hydrogen-bond acceptors (Lipinski definition) is 3. The number of rotatable bonds is 5. The summed E-state index contributed by atoms with van der Waals surface area (Å²) >= 11 is 0. The molecular weight excluding hydrogens is 260 g/mol. The van der Waals surface area contributed by atoms with Crippen molar-refractivity contribution in [2.45, 2.75) is 39.5 Å². The first kappa shape index (κ1) is 14.2. The lowest BCUT2D eigenvalue weighted by Crippen LogP contribution is -2.23. The summed E-state index contributed by atoms with van der Waals surface area (Å²) in [6.45, 7) is 6.75. The smallest absolute Gasteiger partial charge is 0.0725 e. The molecule has 3 nitrogen and oxygen atoms in total. The molecule has 1 aromatic carbocycles. The van der Waals surface area contributed by atoms with E-state index in [1.807, 2.05) is 12.4 Å². The number of benzene rings is 1. The fourth-order valence-corrected chi connectivity index (χ4v) is 2.82. The van der Waals surface area contributed by atoms with Gasteiger partial charge in [-0.3, -0.25) is 4.98 Å². The maximum atomic E-state index is 5.52. The molecule has 0 bridgehead atoms. The van der Waals surface area contributed by atoms with Crippen molar-refractivity contribution in [1.29, 1.82) is 0 Å². The van der Waals surface area contributed by atoms with Crippen molar-refractivity contribution in [2.24, 2.45) is 0 Å². The minimum absolute atomic E-state index is 0.197. The number of nitrogens with zero attached hydrogens (tertiary/aromatic N) is 1. The largest absolute Gasteiger partial charge is 0.372 e. The van der Waals surface area contributed by atoms with Gasteiger partial charge in [0, 0.05) is 12.4 Å². The predicted octanol–water partition coefficient (Wildman–Crippen LogP) is 3.51. The average Bonchev–Trinajstić information content (AvgIpc) is 2.95. The molecule has 0 saturated heterocycles. The minimum atomic E-state index is 0.197. The third-order valence-electron chi connectivity index (χ3n) is 3.91. The van der Waals surface area contributed by atoms with E-state index < -0.39 is 0 Å². The Morgan fingerprint density at radius 3 is 2.81 bits per heavy atom. The molecule has 2 heterocycles. The van der Waals surface area contributed by atoms with Gasteiger partial charge in [0.25, 0.3) is 0 Å². The van der Waals surface area contributed by atoms with Gasteiger partial charge in [-0.15, -0.1) is 0 Å². The standard InChI is InChI=1S/C18H22N2O/c1-3-6-20-18(16-7-13(2)9-19-10-16)14-4-5-15-11-21-12-17(15)8-14/h4-5,7-10,18,20H,3,6,11-12H2,1-2H3. The van der Waals surface area contributed by atoms with Crippen LogP contribution in [0.2, 0.25) is 0 Å². The van der Waals surface area contributed by atoms with Crippen LogP contribution in [-0.4, -0.2) is 11.5 Å². The van der Waals surface area contributed by atoms with E-state index in [1.165, 1.54) is 27.8 Å². The number of pyridine rings is 1. The molecule has 3 heteroatoms. The van der Waals surface area contributed by atoms with Crippen molar-refractivity contribution in [3.63, 3.8) is 0 Å². The Hall–Kier alpha value is -1.71. The summed E-state index contributed by atoms with van der Waals surface area (Å²) < 4.78 is 5.52. The van der Waals surface area contributed by atoms with Crippen molar-refractivity contribution >= 4 is 0 Å². The number of aromatic nitrogens is 1. The SMILES string of the molecule is CCCNC(c1cncc(C)c1)c1ccc2c(c1)COC2. The number of aryl methyl sites for hydroxylation is 1. The summed E-state index contributed by atoms with van der Waals surface area (Å²) in [5.41, 5.74) is 6.34. The van der Waals surface area contributed by atoms with E-state index in [2.05, 4.69) is 48.4 Å². The van der Waals surface area contributed by atoms with Crippen LogP contribution in [0.25, 0.3) is 0 Å². The van der Waals surface area contributed by atoms with Gasteiger partial charge in [-0.1, -0.05) is 31.2 Å². The third kappa shape index (κ3) is 3.14. The second-order valence-corrected chi connectivity index (χ2v) is 5.70. The van der Waals surface area contributed by atoms with E-state index >= 15 is 0 Å². The van der Waals surface area contributed by atoms with Crippen LogP contribution in [0.3, 0.4) is 0 Å². The molecule has 0 aliphatic carbocycles. The number of ether oxygens (including phenoxy) is 1. The summed E-state index contributed by atoms with van der Waals surface area (Å²) in [5.74, 6) is 0. The normalized spacial score (nSPS) is 15.0. The van der Waals surface area contributed by atoms with Crippen LogP contribution in [0, 0.1) is 6.92 Å². The van der Waals surface area contributed by atoms with Crippen molar-refractivity contribution in [1.82, 2.24) is 10.3 Å². The van der Waals surface area contributed by atoms with Crippen molar-refractivity contribution in [3.05, 3.63) is 64.5 Å². The van der Waals surface area contributed by atoms with Gasteiger partial charge in [0.1, 0.15) is 0 Å². The molecule has 1 aliphatic heterocycles. The van der Waals surface area contributed by atoms with E-state index in [1.54, 1.807) is 0 Å². The van der Waals surface area contributed by atoms with Crippen LogP contribution < -0.4 is 5.32 Å². The highest BCUT2D eigenvalue weighted by atomic mass is 16.5. The fourth-order valence-electron chi connectivity index (χ4n) is 2.82. The summed E-state index contributed by atoms with van der Waals surface area (Å²) in [4.78, 5) is 4.35. The van der Waals surface area contributed by atoms with Gasteiger partial charge in [-0.25, -0.2) is 0 Å². The van der Waals surface area contributed by atoms with Crippen LogP contribution >= 0.6 is 0 Å². The fraction of sp³-hybridized carbons (Fsp3) is 0.389. The van der Waals surface area contributed by atoms with Gasteiger partial charge in [0.15, 0.2) is 0 Å². The molecule has 1 atom stereocenters. The molecule has 0 spiro atoms. The van der Waals surface area contributed by atoms with E-state index in [0.29, 0.717) is 0 Å². The summed E-state index contributed by atoms with van der Waals surface area (Å²) in [6, 6.07) is 9.09. The lowest BCUT2D eigenvalue weighted by atomic mass is 9.96. The van der Waals surface area contributed by atoms with E-state index in [9.17, 15) is 0 Å². The van der Waals surface area contributed by atoms with Crippen LogP contribution in [0.5, 0.6) is 0 Å². The second-order valence-electron chi connectivity index (χ2n) is 5.70. The molecule has 2 aromatic rings. The van der Waals surface area contributed by atoms with Crippen molar-refractivity contribution in [3.8, 4) is 0 Å². The molecule has 1 unspecified atom stereocenters. The Morgan fingerprint density at radius 1 is 1.14 bits per heavy atom. The monoisotopic (exact) mass is 282 g/mol. The van der Waals surface area contributed by atoms with Gasteiger partial charge in [0.05, 0.1) is 19.3 Å². The molecule has 3 rings (SSSR count). The predicted molar refractivity (Wildman–Crippen MR) is 84.0 cm³/mol. The first-order chi connectivity index (χ1) is 10.3. The molecule has 0 saturated carbocycles. The maximum Gasteiger partial charge on any atom is 0.0725 e. The number of nitrogens with one attached hydrogen (secondary N) is 1. The first-order valence-corrected chi connectivity index (χ1v) is 7.62. The molecule has 1 aromatic heterocycles. The van der Waals surface area contributed by atoms with Crippen LogP contribution in [-0.2, 0) is 18.0 Å². The highest BCUT2D eigenvalue weighted by Gasteiger charge is 2.18. The van der Waals surface area contributed by atoms with E-state index in [0.717, 1.165) is 26.2 Å². The Balaban J connectivity index is 1.95. The molecule has 0 fully saturated rings. The zero-order valence-corrected chi connectivity index (χ0v) is 12.7. The van der Waals surface area contributed by atoms with E-state index in [4.69, 9.17) is 4.74 Å². The highest BCUT2D eigenvalue weighted by Crippen LogP contribution is 2.27. The third-order valence-corrected chi connectivity index (χ3v) is 3.91. The Morgan fingerprint density at radius 2 is 2.00 bits per heavy atom. The lowest BCUT2D eigenvalue weighted by molar-refractivity contribution is 0.134. The molecule has 0 radical (unpaired) electrons. The zero-order chi connectivity index (χ0) is 14.7. The molecule has 1 N–H and O–H groups in total. The minimum Gasteiger partial charge on any atom is -0.372 e. The van der Waals surface area contributed by atoms with Crippen molar-refractivity contribution < 1.29 is 4.74 Å². The van der Waals surface area contributed by atoms with Crippen LogP contribution in [0.15, 0.2) is 36.7 Å². The first-order valence-electron chi connectivity index (χ1n) is 7.62. The van der Waals surface area contributed by atoms with Gasteiger partial charge in [-0.2, -0.15) is 0 Å². The lowest BCUT2D eigenvalue weighted by Gasteiger charge is -2.20. The molecule has 1 aliphatic rings. The summed E-state index contributed by atoms with van der Waals surface area (Å²) in [6.07, 6.45) is 4.98. The Labute approximate surface area is 126 Å².